The van der Waals surface area contributed by atoms with E-state index in [1.807, 2.05) is 6.07 Å². The predicted octanol–water partition coefficient (Wildman–Crippen LogP) is 4.27. The van der Waals surface area contributed by atoms with Gasteiger partial charge in [0.1, 0.15) is 10.6 Å². The first-order chi connectivity index (χ1) is 13.4. The molecule has 0 atom stereocenters. The lowest BCUT2D eigenvalue weighted by atomic mass is 10.2. The number of sulfonamides is 1. The van der Waals surface area contributed by atoms with E-state index in [1.165, 1.54) is 10.4 Å². The van der Waals surface area contributed by atoms with Gasteiger partial charge in [0, 0.05) is 23.2 Å². The fourth-order valence-electron chi connectivity index (χ4n) is 3.15. The van der Waals surface area contributed by atoms with Crippen molar-refractivity contribution in [3.8, 4) is 5.75 Å². The molecule has 1 saturated heterocycles. The molecule has 0 aliphatic carbocycles. The van der Waals surface area contributed by atoms with Crippen molar-refractivity contribution in [2.45, 2.75) is 31.1 Å². The summed E-state index contributed by atoms with van der Waals surface area (Å²) in [5, 5.41) is 2.78. The molecule has 28 heavy (non-hydrogen) atoms. The van der Waals surface area contributed by atoms with Crippen molar-refractivity contribution in [1.29, 1.82) is 0 Å². The number of hydrogen-bond donors (Lipinski definition) is 1. The maximum atomic E-state index is 13.2. The van der Waals surface area contributed by atoms with Crippen LogP contribution in [0.15, 0.2) is 51.8 Å². The van der Waals surface area contributed by atoms with Crippen LogP contribution in [0.2, 0.25) is 0 Å². The van der Waals surface area contributed by atoms with Gasteiger partial charge in [-0.1, -0.05) is 18.6 Å². The number of carbonyl (C=O) groups is 1. The molecule has 2 aromatic carbocycles. The molecule has 1 heterocycles. The summed E-state index contributed by atoms with van der Waals surface area (Å²) in [6.07, 6.45) is 2.73. The van der Waals surface area contributed by atoms with Gasteiger partial charge in [-0.05, 0) is 66.0 Å². The summed E-state index contributed by atoms with van der Waals surface area (Å²) in [6, 6.07) is 11.8. The van der Waals surface area contributed by atoms with E-state index in [9.17, 15) is 13.2 Å². The van der Waals surface area contributed by atoms with Crippen molar-refractivity contribution in [2.75, 3.05) is 25.0 Å². The molecule has 1 N–H and O–H groups in total. The van der Waals surface area contributed by atoms with Gasteiger partial charge in [0.05, 0.1) is 12.2 Å². The molecule has 0 bridgehead atoms. The number of anilines is 1. The van der Waals surface area contributed by atoms with Crippen molar-refractivity contribution >= 4 is 37.5 Å². The molecule has 1 aliphatic rings. The van der Waals surface area contributed by atoms with Crippen LogP contribution in [0.3, 0.4) is 0 Å². The molecule has 0 unspecified atom stereocenters. The molecule has 3 rings (SSSR count). The molecular formula is C20H23BrN2O4S. The number of hydrogen-bond acceptors (Lipinski definition) is 4. The lowest BCUT2D eigenvalue weighted by Gasteiger charge is -2.27. The number of amides is 1. The molecule has 0 aromatic heterocycles. The Bertz CT molecular complexity index is 956. The van der Waals surface area contributed by atoms with Gasteiger partial charge in [-0.2, -0.15) is 4.31 Å². The van der Waals surface area contributed by atoms with Gasteiger partial charge in [0.2, 0.25) is 10.0 Å². The SMILES string of the molecule is CCOc1ccc(NC(=O)c2ccccc2Br)cc1S(=O)(=O)N1CCCCC1. The number of piperidine rings is 1. The predicted molar refractivity (Wildman–Crippen MR) is 112 cm³/mol. The number of rotatable bonds is 6. The zero-order chi connectivity index (χ0) is 20.1. The highest BCUT2D eigenvalue weighted by molar-refractivity contribution is 9.10. The zero-order valence-corrected chi connectivity index (χ0v) is 18.1. The largest absolute Gasteiger partial charge is 0.492 e. The minimum Gasteiger partial charge on any atom is -0.492 e. The monoisotopic (exact) mass is 466 g/mol. The van der Waals surface area contributed by atoms with Crippen LogP contribution in [-0.2, 0) is 10.0 Å². The third kappa shape index (κ3) is 4.56. The maximum absolute atomic E-state index is 13.2. The Morgan fingerprint density at radius 1 is 1.14 bits per heavy atom. The van der Waals surface area contributed by atoms with Gasteiger partial charge < -0.3 is 10.1 Å². The van der Waals surface area contributed by atoms with E-state index < -0.39 is 10.0 Å². The second-order valence-corrected chi connectivity index (χ2v) is 9.25. The van der Waals surface area contributed by atoms with Crippen LogP contribution in [0.25, 0.3) is 0 Å². The summed E-state index contributed by atoms with van der Waals surface area (Å²) in [7, 11) is -3.70. The van der Waals surface area contributed by atoms with Crippen LogP contribution < -0.4 is 10.1 Å². The van der Waals surface area contributed by atoms with Crippen LogP contribution in [0, 0.1) is 0 Å². The fraction of sp³-hybridized carbons (Fsp3) is 0.350. The zero-order valence-electron chi connectivity index (χ0n) is 15.7. The Morgan fingerprint density at radius 2 is 1.86 bits per heavy atom. The summed E-state index contributed by atoms with van der Waals surface area (Å²) < 4.78 is 34.1. The molecule has 1 amide bonds. The van der Waals surface area contributed by atoms with Crippen molar-refractivity contribution in [3.63, 3.8) is 0 Å². The molecule has 2 aromatic rings. The van der Waals surface area contributed by atoms with Crippen LogP contribution in [0.4, 0.5) is 5.69 Å². The Morgan fingerprint density at radius 3 is 2.54 bits per heavy atom. The molecule has 6 nitrogen and oxygen atoms in total. The highest BCUT2D eigenvalue weighted by Crippen LogP contribution is 2.31. The Hall–Kier alpha value is -1.90. The van der Waals surface area contributed by atoms with Crippen molar-refractivity contribution < 1.29 is 17.9 Å². The van der Waals surface area contributed by atoms with Gasteiger partial charge in [0.25, 0.3) is 5.91 Å². The molecule has 0 saturated carbocycles. The van der Waals surface area contributed by atoms with Crippen molar-refractivity contribution in [3.05, 3.63) is 52.5 Å². The summed E-state index contributed by atoms with van der Waals surface area (Å²) in [5.41, 5.74) is 0.872. The number of nitrogens with one attached hydrogen (secondary N) is 1. The number of nitrogens with zero attached hydrogens (tertiary/aromatic N) is 1. The molecule has 8 heteroatoms. The first-order valence-corrected chi connectivity index (χ1v) is 11.5. The lowest BCUT2D eigenvalue weighted by Crippen LogP contribution is -2.35. The van der Waals surface area contributed by atoms with E-state index in [0.717, 1.165) is 19.3 Å². The number of ether oxygens (including phenoxy) is 1. The van der Waals surface area contributed by atoms with E-state index in [-0.39, 0.29) is 10.8 Å². The molecule has 1 fully saturated rings. The average Bonchev–Trinajstić information content (AvgIpc) is 2.70. The third-order valence-corrected chi connectivity index (χ3v) is 7.16. The molecule has 150 valence electrons. The van der Waals surface area contributed by atoms with Gasteiger partial charge in [0.15, 0.2) is 0 Å². The van der Waals surface area contributed by atoms with Crippen molar-refractivity contribution in [1.82, 2.24) is 4.31 Å². The number of carbonyl (C=O) groups excluding carboxylic acids is 1. The Kier molecular flexibility index (Phi) is 6.74. The second-order valence-electron chi connectivity index (χ2n) is 6.49. The quantitative estimate of drug-likeness (QED) is 0.689. The van der Waals surface area contributed by atoms with E-state index in [1.54, 1.807) is 37.3 Å². The topological polar surface area (TPSA) is 75.7 Å². The first kappa shape index (κ1) is 20.8. The number of benzene rings is 2. The smallest absolute Gasteiger partial charge is 0.256 e. The summed E-state index contributed by atoms with van der Waals surface area (Å²) in [4.78, 5) is 12.7. The third-order valence-electron chi connectivity index (χ3n) is 4.55. The van der Waals surface area contributed by atoms with Gasteiger partial charge >= 0.3 is 0 Å². The van der Waals surface area contributed by atoms with Crippen LogP contribution in [-0.4, -0.2) is 38.3 Å². The summed E-state index contributed by atoms with van der Waals surface area (Å²) in [6.45, 7) is 3.16. The van der Waals surface area contributed by atoms with Gasteiger partial charge in [-0.3, -0.25) is 4.79 Å². The number of halogens is 1. The Balaban J connectivity index is 1.93. The minimum atomic E-state index is -3.70. The molecular weight excluding hydrogens is 444 g/mol. The molecule has 0 radical (unpaired) electrons. The maximum Gasteiger partial charge on any atom is 0.256 e. The Labute approximate surface area is 174 Å². The lowest BCUT2D eigenvalue weighted by molar-refractivity contribution is 0.102. The van der Waals surface area contributed by atoms with Crippen LogP contribution in [0.1, 0.15) is 36.5 Å². The van der Waals surface area contributed by atoms with Gasteiger partial charge in [-0.25, -0.2) is 8.42 Å². The van der Waals surface area contributed by atoms with E-state index in [4.69, 9.17) is 4.74 Å². The highest BCUT2D eigenvalue weighted by atomic mass is 79.9. The van der Waals surface area contributed by atoms with E-state index in [0.29, 0.717) is 41.2 Å². The molecule has 1 aliphatic heterocycles. The van der Waals surface area contributed by atoms with Gasteiger partial charge in [-0.15, -0.1) is 0 Å². The fourth-order valence-corrected chi connectivity index (χ4v) is 5.29. The molecule has 0 spiro atoms. The summed E-state index contributed by atoms with van der Waals surface area (Å²) >= 11 is 3.36. The standard InChI is InChI=1S/C20H23BrN2O4S/c1-2-27-18-11-10-15(22-20(24)16-8-4-5-9-17(16)21)14-19(18)28(25,26)23-12-6-3-7-13-23/h4-5,8-11,14H,2-3,6-7,12-13H2,1H3,(H,22,24). The first-order valence-electron chi connectivity index (χ1n) is 9.26. The van der Waals surface area contributed by atoms with E-state index in [2.05, 4.69) is 21.2 Å². The van der Waals surface area contributed by atoms with E-state index >= 15 is 0 Å². The summed E-state index contributed by atoms with van der Waals surface area (Å²) in [5.74, 6) is -0.0232. The van der Waals surface area contributed by atoms with Crippen LogP contribution >= 0.6 is 15.9 Å². The normalized spacial score (nSPS) is 15.2. The van der Waals surface area contributed by atoms with Crippen LogP contribution in [0.5, 0.6) is 5.75 Å². The highest BCUT2D eigenvalue weighted by Gasteiger charge is 2.29. The second kappa shape index (κ2) is 9.07. The minimum absolute atomic E-state index is 0.0844. The average molecular weight is 467 g/mol. The van der Waals surface area contributed by atoms with Crippen molar-refractivity contribution in [2.24, 2.45) is 0 Å².